The van der Waals surface area contributed by atoms with Gasteiger partial charge in [0.25, 0.3) is 5.91 Å². The van der Waals surface area contributed by atoms with E-state index in [0.29, 0.717) is 28.7 Å². The molecule has 0 unspecified atom stereocenters. The molecule has 0 bridgehead atoms. The van der Waals surface area contributed by atoms with E-state index in [2.05, 4.69) is 15.5 Å². The number of nitrogens with one attached hydrogen (secondary N) is 1. The van der Waals surface area contributed by atoms with Crippen molar-refractivity contribution in [1.29, 1.82) is 0 Å². The van der Waals surface area contributed by atoms with Gasteiger partial charge < -0.3 is 15.0 Å². The van der Waals surface area contributed by atoms with E-state index in [0.717, 1.165) is 35.7 Å². The minimum atomic E-state index is -0.308. The highest BCUT2D eigenvalue weighted by Gasteiger charge is 2.28. The Morgan fingerprint density at radius 2 is 2.03 bits per heavy atom. The Hall–Kier alpha value is -2.97. The van der Waals surface area contributed by atoms with E-state index >= 15 is 0 Å². The molecule has 1 aromatic heterocycles. The monoisotopic (exact) mass is 470 g/mol. The second-order valence-corrected chi connectivity index (χ2v) is 9.06. The molecule has 0 spiro atoms. The highest BCUT2D eigenvalue weighted by Crippen LogP contribution is 2.30. The Kier molecular flexibility index (Phi) is 7.02. The molecule has 1 saturated heterocycles. The molecule has 0 aliphatic carbocycles. The Labute approximate surface area is 195 Å². The van der Waals surface area contributed by atoms with Crippen LogP contribution < -0.4 is 10.1 Å². The summed E-state index contributed by atoms with van der Waals surface area (Å²) in [4.78, 5) is 27.3. The first-order valence-electron chi connectivity index (χ1n) is 10.3. The average Bonchev–Trinajstić information content (AvgIpc) is 3.31. The molecular formula is C23H23ClN4O3S. The molecule has 3 aromatic rings. The Morgan fingerprint density at radius 1 is 1.22 bits per heavy atom. The van der Waals surface area contributed by atoms with Crippen molar-refractivity contribution in [3.8, 4) is 5.75 Å². The van der Waals surface area contributed by atoms with Crippen LogP contribution in [0.15, 0.2) is 48.5 Å². The molecule has 2 aromatic carbocycles. The van der Waals surface area contributed by atoms with Crippen molar-refractivity contribution in [2.24, 2.45) is 0 Å². The number of piperidine rings is 1. The molecule has 1 N–H and O–H groups in total. The lowest BCUT2D eigenvalue weighted by Gasteiger charge is -2.31. The number of amides is 2. The van der Waals surface area contributed by atoms with Crippen molar-refractivity contribution in [2.75, 3.05) is 25.5 Å². The summed E-state index contributed by atoms with van der Waals surface area (Å²) in [7, 11) is 1.61. The molecule has 1 aliphatic rings. The third-order valence-corrected chi connectivity index (χ3v) is 6.69. The molecular weight excluding hydrogens is 448 g/mol. The Morgan fingerprint density at radius 3 is 2.81 bits per heavy atom. The first-order valence-corrected chi connectivity index (χ1v) is 11.5. The van der Waals surface area contributed by atoms with Crippen LogP contribution in [0.1, 0.15) is 39.1 Å². The predicted molar refractivity (Wildman–Crippen MR) is 125 cm³/mol. The van der Waals surface area contributed by atoms with Crippen LogP contribution in [0, 0.1) is 0 Å². The maximum atomic E-state index is 12.9. The van der Waals surface area contributed by atoms with E-state index in [9.17, 15) is 9.59 Å². The molecule has 2 amide bonds. The van der Waals surface area contributed by atoms with Gasteiger partial charge in [-0.05, 0) is 54.8 Å². The first-order chi connectivity index (χ1) is 15.5. The highest BCUT2D eigenvalue weighted by atomic mass is 35.5. The van der Waals surface area contributed by atoms with Gasteiger partial charge in [-0.25, -0.2) is 0 Å². The van der Waals surface area contributed by atoms with Crippen LogP contribution in [0.5, 0.6) is 5.75 Å². The van der Waals surface area contributed by atoms with Crippen LogP contribution in [0.25, 0.3) is 0 Å². The number of likely N-dealkylation sites (tertiary alicyclic amines) is 1. The maximum Gasteiger partial charge on any atom is 0.286 e. The van der Waals surface area contributed by atoms with E-state index in [1.807, 2.05) is 29.2 Å². The molecule has 1 fully saturated rings. The van der Waals surface area contributed by atoms with Gasteiger partial charge in [0, 0.05) is 29.7 Å². The number of anilines is 1. The lowest BCUT2D eigenvalue weighted by molar-refractivity contribution is -0.131. The summed E-state index contributed by atoms with van der Waals surface area (Å²) < 4.78 is 5.24. The third-order valence-electron chi connectivity index (χ3n) is 5.35. The van der Waals surface area contributed by atoms with Gasteiger partial charge in [-0.15, -0.1) is 10.2 Å². The minimum absolute atomic E-state index is 0.0765. The fourth-order valence-electron chi connectivity index (χ4n) is 3.68. The number of aromatic nitrogens is 2. The normalized spacial score (nSPS) is 15.9. The summed E-state index contributed by atoms with van der Waals surface area (Å²) >= 11 is 7.16. The summed E-state index contributed by atoms with van der Waals surface area (Å²) in [6, 6.07) is 14.4. The van der Waals surface area contributed by atoms with Crippen LogP contribution in [-0.4, -0.2) is 47.1 Å². The van der Waals surface area contributed by atoms with Crippen molar-refractivity contribution >= 4 is 40.4 Å². The minimum Gasteiger partial charge on any atom is -0.497 e. The molecule has 1 atom stereocenters. The SMILES string of the molecule is COc1cccc(CC(=O)N2CCC[C@H](c3nnc(C(=O)Nc4ccc(Cl)cc4)s3)C2)c1. The summed E-state index contributed by atoms with van der Waals surface area (Å²) in [5.74, 6) is 0.587. The Bertz CT molecular complexity index is 1100. The van der Waals surface area contributed by atoms with Crippen molar-refractivity contribution < 1.29 is 14.3 Å². The number of methoxy groups -OCH3 is 1. The predicted octanol–water partition coefficient (Wildman–Crippen LogP) is 4.40. The molecule has 1 aliphatic heterocycles. The quantitative estimate of drug-likeness (QED) is 0.577. The van der Waals surface area contributed by atoms with Gasteiger partial charge in [0.2, 0.25) is 10.9 Å². The average molecular weight is 471 g/mol. The number of hydrogen-bond donors (Lipinski definition) is 1. The number of nitrogens with zero attached hydrogens (tertiary/aromatic N) is 3. The van der Waals surface area contributed by atoms with Gasteiger partial charge in [0.15, 0.2) is 0 Å². The number of halogens is 1. The third kappa shape index (κ3) is 5.44. The van der Waals surface area contributed by atoms with Crippen molar-refractivity contribution in [3.63, 3.8) is 0 Å². The summed E-state index contributed by atoms with van der Waals surface area (Å²) in [5.41, 5.74) is 1.57. The first kappa shape index (κ1) is 22.2. The van der Waals surface area contributed by atoms with Crippen molar-refractivity contribution in [3.05, 3.63) is 69.1 Å². The van der Waals surface area contributed by atoms with Crippen molar-refractivity contribution in [2.45, 2.75) is 25.2 Å². The van der Waals surface area contributed by atoms with E-state index < -0.39 is 0 Å². The van der Waals surface area contributed by atoms with Gasteiger partial charge in [-0.1, -0.05) is 35.1 Å². The lowest BCUT2D eigenvalue weighted by Crippen LogP contribution is -2.39. The van der Waals surface area contributed by atoms with E-state index in [4.69, 9.17) is 16.3 Å². The fourth-order valence-corrected chi connectivity index (χ4v) is 4.67. The zero-order chi connectivity index (χ0) is 22.5. The van der Waals surface area contributed by atoms with Crippen LogP contribution in [0.3, 0.4) is 0 Å². The summed E-state index contributed by atoms with van der Waals surface area (Å²) in [6.45, 7) is 1.30. The summed E-state index contributed by atoms with van der Waals surface area (Å²) in [6.07, 6.45) is 2.13. The molecule has 32 heavy (non-hydrogen) atoms. The van der Waals surface area contributed by atoms with Crippen LogP contribution in [0.4, 0.5) is 5.69 Å². The molecule has 2 heterocycles. The van der Waals surface area contributed by atoms with Crippen molar-refractivity contribution in [1.82, 2.24) is 15.1 Å². The highest BCUT2D eigenvalue weighted by molar-refractivity contribution is 7.13. The van der Waals surface area contributed by atoms with Gasteiger partial charge >= 0.3 is 0 Å². The van der Waals surface area contributed by atoms with Gasteiger partial charge in [-0.2, -0.15) is 0 Å². The van der Waals surface area contributed by atoms with E-state index in [1.54, 1.807) is 31.4 Å². The van der Waals surface area contributed by atoms with E-state index in [1.165, 1.54) is 11.3 Å². The maximum absolute atomic E-state index is 12.9. The zero-order valence-corrected chi connectivity index (χ0v) is 19.2. The van der Waals surface area contributed by atoms with Gasteiger partial charge in [-0.3, -0.25) is 9.59 Å². The van der Waals surface area contributed by atoms with Crippen LogP contribution in [-0.2, 0) is 11.2 Å². The second kappa shape index (κ2) is 10.1. The number of ether oxygens (including phenoxy) is 1. The van der Waals surface area contributed by atoms with Crippen LogP contribution >= 0.6 is 22.9 Å². The smallest absolute Gasteiger partial charge is 0.286 e. The number of benzene rings is 2. The Balaban J connectivity index is 1.38. The number of carbonyl (C=O) groups is 2. The van der Waals surface area contributed by atoms with Crippen LogP contribution in [0.2, 0.25) is 5.02 Å². The van der Waals surface area contributed by atoms with Gasteiger partial charge in [0.05, 0.1) is 13.5 Å². The fraction of sp³-hybridized carbons (Fsp3) is 0.304. The van der Waals surface area contributed by atoms with E-state index in [-0.39, 0.29) is 17.7 Å². The molecule has 0 saturated carbocycles. The second-order valence-electron chi connectivity index (χ2n) is 7.61. The molecule has 7 nitrogen and oxygen atoms in total. The largest absolute Gasteiger partial charge is 0.497 e. The topological polar surface area (TPSA) is 84.4 Å². The summed E-state index contributed by atoms with van der Waals surface area (Å²) in [5, 5.41) is 12.8. The number of rotatable bonds is 6. The lowest BCUT2D eigenvalue weighted by atomic mass is 9.98. The zero-order valence-electron chi connectivity index (χ0n) is 17.6. The standard InChI is InChI=1S/C23H23ClN4O3S/c1-31-19-6-2-4-15(12-19)13-20(29)28-11-3-5-16(14-28)22-26-27-23(32-22)21(30)25-18-9-7-17(24)8-10-18/h2,4,6-10,12,16H,3,5,11,13-14H2,1H3,(H,25,30)/t16-/m0/s1. The molecule has 4 rings (SSSR count). The molecule has 0 radical (unpaired) electrons. The van der Waals surface area contributed by atoms with Gasteiger partial charge in [0.1, 0.15) is 10.8 Å². The number of carbonyl (C=O) groups excluding carboxylic acids is 2. The molecule has 166 valence electrons. The molecule has 9 heteroatoms. The number of hydrogen-bond acceptors (Lipinski definition) is 6.